The van der Waals surface area contributed by atoms with Crippen molar-refractivity contribution in [3.8, 4) is 11.4 Å². The average molecular weight is 323 g/mol. The van der Waals surface area contributed by atoms with Crippen LogP contribution in [0.1, 0.15) is 23.3 Å². The summed E-state index contributed by atoms with van der Waals surface area (Å²) in [6.07, 6.45) is 6.48. The fourth-order valence-electron chi connectivity index (χ4n) is 2.27. The number of imidazole rings is 1. The van der Waals surface area contributed by atoms with Gasteiger partial charge in [-0.25, -0.2) is 9.97 Å². The van der Waals surface area contributed by atoms with E-state index in [2.05, 4.69) is 20.3 Å². The predicted octanol–water partition coefficient (Wildman–Crippen LogP) is 1.62. The summed E-state index contributed by atoms with van der Waals surface area (Å²) in [7, 11) is 0. The molecule has 7 heteroatoms. The second-order valence-corrected chi connectivity index (χ2v) is 5.41. The number of amides is 1. The molecule has 2 heterocycles. The van der Waals surface area contributed by atoms with Crippen LogP contribution < -0.4 is 10.9 Å². The number of carbonyl (C=O) groups excluding carboxylic acids is 1. The molecule has 3 rings (SSSR count). The van der Waals surface area contributed by atoms with Crippen molar-refractivity contribution in [1.82, 2.24) is 24.8 Å². The van der Waals surface area contributed by atoms with E-state index < -0.39 is 11.5 Å². The van der Waals surface area contributed by atoms with Crippen LogP contribution in [0.25, 0.3) is 11.4 Å². The number of nitrogens with zero attached hydrogens (tertiary/aromatic N) is 3. The molecule has 1 amide bonds. The van der Waals surface area contributed by atoms with Crippen molar-refractivity contribution in [2.24, 2.45) is 0 Å². The highest BCUT2D eigenvalue weighted by Gasteiger charge is 2.13. The van der Waals surface area contributed by atoms with E-state index in [9.17, 15) is 9.59 Å². The topological polar surface area (TPSA) is 92.7 Å². The largest absolute Gasteiger partial charge is 0.350 e. The summed E-state index contributed by atoms with van der Waals surface area (Å²) in [6.45, 7) is 2.33. The van der Waals surface area contributed by atoms with Gasteiger partial charge in [-0.05, 0) is 6.92 Å². The summed E-state index contributed by atoms with van der Waals surface area (Å²) >= 11 is 0. The molecule has 0 saturated heterocycles. The van der Waals surface area contributed by atoms with Crippen LogP contribution in [0.15, 0.2) is 60.0 Å². The Morgan fingerprint density at radius 1 is 1.33 bits per heavy atom. The zero-order valence-corrected chi connectivity index (χ0v) is 13.1. The molecular weight excluding hydrogens is 306 g/mol. The number of carbonyl (C=O) groups is 1. The molecule has 0 unspecified atom stereocenters. The third-order valence-corrected chi connectivity index (χ3v) is 3.68. The molecule has 0 fully saturated rings. The van der Waals surface area contributed by atoms with Crippen molar-refractivity contribution in [3.05, 3.63) is 71.2 Å². The molecule has 0 bridgehead atoms. The number of aromatic nitrogens is 4. The molecule has 1 aromatic carbocycles. The maximum Gasteiger partial charge on any atom is 0.264 e. The lowest BCUT2D eigenvalue weighted by molar-refractivity contribution is 0.0946. The molecule has 0 aliphatic carbocycles. The van der Waals surface area contributed by atoms with Gasteiger partial charge in [-0.1, -0.05) is 30.3 Å². The van der Waals surface area contributed by atoms with Crippen LogP contribution in [0.3, 0.4) is 0 Å². The van der Waals surface area contributed by atoms with Crippen molar-refractivity contribution < 1.29 is 4.79 Å². The molecule has 7 nitrogen and oxygen atoms in total. The highest BCUT2D eigenvalue weighted by Crippen LogP contribution is 2.11. The zero-order chi connectivity index (χ0) is 16.9. The maximum absolute atomic E-state index is 12.2. The monoisotopic (exact) mass is 323 g/mol. The Balaban J connectivity index is 1.70. The molecule has 2 aromatic heterocycles. The first-order valence-corrected chi connectivity index (χ1v) is 7.55. The minimum atomic E-state index is -0.461. The summed E-state index contributed by atoms with van der Waals surface area (Å²) in [4.78, 5) is 35.1. The fraction of sp³-hybridized carbons (Fsp3) is 0.176. The second kappa shape index (κ2) is 6.91. The second-order valence-electron chi connectivity index (χ2n) is 5.41. The Morgan fingerprint density at radius 3 is 2.79 bits per heavy atom. The number of aromatic amines is 1. The third kappa shape index (κ3) is 3.40. The Labute approximate surface area is 138 Å². The van der Waals surface area contributed by atoms with Crippen molar-refractivity contribution in [2.45, 2.75) is 13.0 Å². The molecule has 1 atom stereocenters. The lowest BCUT2D eigenvalue weighted by atomic mass is 10.2. The first-order chi connectivity index (χ1) is 11.6. The molecule has 122 valence electrons. The van der Waals surface area contributed by atoms with E-state index in [0.717, 1.165) is 5.56 Å². The number of hydrogen-bond donors (Lipinski definition) is 2. The van der Waals surface area contributed by atoms with Gasteiger partial charge in [0, 0.05) is 36.7 Å². The van der Waals surface area contributed by atoms with Crippen molar-refractivity contribution in [1.29, 1.82) is 0 Å². The van der Waals surface area contributed by atoms with E-state index in [-0.39, 0.29) is 11.6 Å². The first kappa shape index (κ1) is 15.7. The fourth-order valence-corrected chi connectivity index (χ4v) is 2.27. The number of nitrogens with one attached hydrogen (secondary N) is 2. The van der Waals surface area contributed by atoms with E-state index in [1.54, 1.807) is 12.5 Å². The minimum absolute atomic E-state index is 0.00693. The van der Waals surface area contributed by atoms with E-state index >= 15 is 0 Å². The lowest BCUT2D eigenvalue weighted by Crippen LogP contribution is -2.33. The molecular formula is C17H17N5O2. The average Bonchev–Trinajstić information content (AvgIpc) is 3.15. The van der Waals surface area contributed by atoms with Crippen molar-refractivity contribution in [3.63, 3.8) is 0 Å². The minimum Gasteiger partial charge on any atom is -0.350 e. The molecule has 0 saturated carbocycles. The Bertz CT molecular complexity index is 872. The quantitative estimate of drug-likeness (QED) is 0.746. The number of H-pyrrole nitrogens is 1. The van der Waals surface area contributed by atoms with Crippen molar-refractivity contribution in [2.75, 3.05) is 6.54 Å². The van der Waals surface area contributed by atoms with Gasteiger partial charge in [-0.2, -0.15) is 0 Å². The molecule has 0 spiro atoms. The van der Waals surface area contributed by atoms with E-state index in [0.29, 0.717) is 12.4 Å². The molecule has 2 N–H and O–H groups in total. The normalized spacial score (nSPS) is 11.9. The summed E-state index contributed by atoms with van der Waals surface area (Å²) < 4.78 is 1.88. The van der Waals surface area contributed by atoms with Gasteiger partial charge in [0.15, 0.2) is 0 Å². The summed E-state index contributed by atoms with van der Waals surface area (Å²) in [5.74, 6) is -0.0146. The molecule has 24 heavy (non-hydrogen) atoms. The van der Waals surface area contributed by atoms with E-state index in [4.69, 9.17) is 0 Å². The Hall–Kier alpha value is -3.22. The summed E-state index contributed by atoms with van der Waals surface area (Å²) in [5.41, 5.74) is 0.319. The first-order valence-electron chi connectivity index (χ1n) is 7.55. The summed E-state index contributed by atoms with van der Waals surface area (Å²) in [6, 6.07) is 9.30. The zero-order valence-electron chi connectivity index (χ0n) is 13.1. The van der Waals surface area contributed by atoms with Gasteiger partial charge in [0.25, 0.3) is 11.5 Å². The van der Waals surface area contributed by atoms with Crippen LogP contribution in [-0.2, 0) is 0 Å². The Kier molecular flexibility index (Phi) is 4.51. The lowest BCUT2D eigenvalue weighted by Gasteiger charge is -2.13. The smallest absolute Gasteiger partial charge is 0.264 e. The predicted molar refractivity (Wildman–Crippen MR) is 89.6 cm³/mol. The van der Waals surface area contributed by atoms with Gasteiger partial charge < -0.3 is 14.9 Å². The summed E-state index contributed by atoms with van der Waals surface area (Å²) in [5, 5.41) is 2.74. The van der Waals surface area contributed by atoms with Gasteiger partial charge in [-0.3, -0.25) is 9.59 Å². The highest BCUT2D eigenvalue weighted by atomic mass is 16.2. The van der Waals surface area contributed by atoms with Crippen LogP contribution >= 0.6 is 0 Å². The van der Waals surface area contributed by atoms with Gasteiger partial charge in [-0.15, -0.1) is 0 Å². The van der Waals surface area contributed by atoms with Crippen LogP contribution in [0.2, 0.25) is 0 Å². The van der Waals surface area contributed by atoms with Crippen LogP contribution in [-0.4, -0.2) is 32.0 Å². The van der Waals surface area contributed by atoms with Crippen LogP contribution in [0, 0.1) is 0 Å². The molecule has 0 radical (unpaired) electrons. The van der Waals surface area contributed by atoms with E-state index in [1.807, 2.05) is 48.0 Å². The molecule has 0 aliphatic rings. The van der Waals surface area contributed by atoms with Gasteiger partial charge in [0.1, 0.15) is 11.4 Å². The van der Waals surface area contributed by atoms with Gasteiger partial charge >= 0.3 is 0 Å². The maximum atomic E-state index is 12.2. The highest BCUT2D eigenvalue weighted by molar-refractivity contribution is 5.93. The number of hydrogen-bond acceptors (Lipinski definition) is 4. The standard InChI is InChI=1S/C17H17N5O2/c1-12(22-8-7-18-11-22)9-20-16(23)14-10-19-15(21-17(14)24)13-5-3-2-4-6-13/h2-8,10-12H,9H2,1H3,(H,20,23)(H,19,21,24)/t12-/m1/s1. The number of rotatable bonds is 5. The SMILES string of the molecule is C[C@H](CNC(=O)c1cnc(-c2ccccc2)[nH]c1=O)n1ccnc1. The van der Waals surface area contributed by atoms with E-state index in [1.165, 1.54) is 6.20 Å². The van der Waals surface area contributed by atoms with Gasteiger partial charge in [0.05, 0.1) is 6.33 Å². The van der Waals surface area contributed by atoms with Crippen LogP contribution in [0.5, 0.6) is 0 Å². The molecule has 0 aliphatic heterocycles. The van der Waals surface area contributed by atoms with Crippen molar-refractivity contribution >= 4 is 5.91 Å². The third-order valence-electron chi connectivity index (χ3n) is 3.68. The molecule has 3 aromatic rings. The Morgan fingerprint density at radius 2 is 2.12 bits per heavy atom. The van der Waals surface area contributed by atoms with Crippen LogP contribution in [0.4, 0.5) is 0 Å². The van der Waals surface area contributed by atoms with Gasteiger partial charge in [0.2, 0.25) is 0 Å². The number of benzene rings is 1.